The number of hydrogen-bond acceptors (Lipinski definition) is 3. The molecule has 1 aliphatic carbocycles. The SMILES string of the molecule is CC1(C)CCC(OCCC(=O)N2CCNCC2)CC1. The largest absolute Gasteiger partial charge is 0.378 e. The Labute approximate surface area is 116 Å². The van der Waals surface area contributed by atoms with Crippen molar-refractivity contribution in [3.63, 3.8) is 0 Å². The normalized spacial score (nSPS) is 24.4. The molecule has 0 unspecified atom stereocenters. The minimum atomic E-state index is 0.248. The van der Waals surface area contributed by atoms with Crippen LogP contribution in [0.4, 0.5) is 0 Å². The molecule has 4 heteroatoms. The predicted molar refractivity (Wildman–Crippen MR) is 76.1 cm³/mol. The highest BCUT2D eigenvalue weighted by atomic mass is 16.5. The third-order valence-corrected chi connectivity index (χ3v) is 4.43. The molecule has 1 amide bonds. The molecular formula is C15H28N2O2. The molecule has 0 aromatic carbocycles. The van der Waals surface area contributed by atoms with Crippen molar-refractivity contribution < 1.29 is 9.53 Å². The number of amides is 1. The van der Waals surface area contributed by atoms with E-state index in [-0.39, 0.29) is 5.91 Å². The molecule has 1 saturated heterocycles. The standard InChI is InChI=1S/C15H28N2O2/c1-15(2)6-3-13(4-7-15)19-12-5-14(18)17-10-8-16-9-11-17/h13,16H,3-12H2,1-2H3. The van der Waals surface area contributed by atoms with E-state index in [1.807, 2.05) is 4.90 Å². The minimum absolute atomic E-state index is 0.248. The van der Waals surface area contributed by atoms with Gasteiger partial charge in [0.25, 0.3) is 0 Å². The maximum absolute atomic E-state index is 12.0. The van der Waals surface area contributed by atoms with Gasteiger partial charge in [-0.25, -0.2) is 0 Å². The minimum Gasteiger partial charge on any atom is -0.378 e. The van der Waals surface area contributed by atoms with E-state index in [0.29, 0.717) is 24.5 Å². The van der Waals surface area contributed by atoms with Crippen LogP contribution in [0.3, 0.4) is 0 Å². The number of carbonyl (C=O) groups excluding carboxylic acids is 1. The van der Waals surface area contributed by atoms with Crippen LogP contribution >= 0.6 is 0 Å². The molecule has 0 bridgehead atoms. The molecular weight excluding hydrogens is 240 g/mol. The molecule has 19 heavy (non-hydrogen) atoms. The van der Waals surface area contributed by atoms with Gasteiger partial charge in [0.05, 0.1) is 19.1 Å². The second kappa shape index (κ2) is 6.71. The van der Waals surface area contributed by atoms with Crippen molar-refractivity contribution in [1.29, 1.82) is 0 Å². The van der Waals surface area contributed by atoms with E-state index in [9.17, 15) is 4.79 Å². The summed E-state index contributed by atoms with van der Waals surface area (Å²) in [6.07, 6.45) is 5.69. The van der Waals surface area contributed by atoms with E-state index in [1.54, 1.807) is 0 Å². The Morgan fingerprint density at radius 1 is 1.26 bits per heavy atom. The Morgan fingerprint density at radius 2 is 1.89 bits per heavy atom. The molecule has 4 nitrogen and oxygen atoms in total. The lowest BCUT2D eigenvalue weighted by Gasteiger charge is -2.34. The summed E-state index contributed by atoms with van der Waals surface area (Å²) in [5.41, 5.74) is 0.483. The van der Waals surface area contributed by atoms with Gasteiger partial charge in [0, 0.05) is 26.2 Å². The summed E-state index contributed by atoms with van der Waals surface area (Å²) in [5.74, 6) is 0.248. The molecule has 110 valence electrons. The number of rotatable bonds is 4. The van der Waals surface area contributed by atoms with E-state index in [2.05, 4.69) is 19.2 Å². The van der Waals surface area contributed by atoms with Crippen molar-refractivity contribution in [2.24, 2.45) is 5.41 Å². The monoisotopic (exact) mass is 268 g/mol. The third kappa shape index (κ3) is 4.77. The number of nitrogens with zero attached hydrogens (tertiary/aromatic N) is 1. The number of nitrogens with one attached hydrogen (secondary N) is 1. The van der Waals surface area contributed by atoms with Crippen LogP contribution in [0, 0.1) is 5.41 Å². The number of carbonyl (C=O) groups is 1. The Hall–Kier alpha value is -0.610. The van der Waals surface area contributed by atoms with Crippen LogP contribution in [0.5, 0.6) is 0 Å². The summed E-state index contributed by atoms with van der Waals surface area (Å²) >= 11 is 0. The number of ether oxygens (including phenoxy) is 1. The van der Waals surface area contributed by atoms with Gasteiger partial charge >= 0.3 is 0 Å². The summed E-state index contributed by atoms with van der Waals surface area (Å²) in [6.45, 7) is 8.78. The molecule has 2 aliphatic rings. The molecule has 1 saturated carbocycles. The summed E-state index contributed by atoms with van der Waals surface area (Å²) < 4.78 is 5.87. The van der Waals surface area contributed by atoms with Crippen LogP contribution < -0.4 is 5.32 Å². The lowest BCUT2D eigenvalue weighted by molar-refractivity contribution is -0.133. The molecule has 1 heterocycles. The quantitative estimate of drug-likeness (QED) is 0.845. The second-order valence-electron chi connectivity index (χ2n) is 6.62. The maximum Gasteiger partial charge on any atom is 0.224 e. The Balaban J connectivity index is 1.60. The fraction of sp³-hybridized carbons (Fsp3) is 0.933. The summed E-state index contributed by atoms with van der Waals surface area (Å²) in [5, 5.41) is 3.26. The van der Waals surface area contributed by atoms with Gasteiger partial charge in [-0.1, -0.05) is 13.8 Å². The van der Waals surface area contributed by atoms with Crippen molar-refractivity contribution in [2.75, 3.05) is 32.8 Å². The molecule has 0 spiro atoms. The fourth-order valence-electron chi connectivity index (χ4n) is 2.92. The van der Waals surface area contributed by atoms with Gasteiger partial charge in [0.2, 0.25) is 5.91 Å². The Kier molecular flexibility index (Phi) is 5.22. The highest BCUT2D eigenvalue weighted by Crippen LogP contribution is 2.36. The first kappa shape index (κ1) is 14.8. The van der Waals surface area contributed by atoms with Crippen LogP contribution in [-0.4, -0.2) is 49.7 Å². The van der Waals surface area contributed by atoms with E-state index in [0.717, 1.165) is 39.0 Å². The summed E-state index contributed by atoms with van der Waals surface area (Å²) in [6, 6.07) is 0. The van der Waals surface area contributed by atoms with Crippen molar-refractivity contribution in [3.05, 3.63) is 0 Å². The van der Waals surface area contributed by atoms with Gasteiger partial charge in [0.15, 0.2) is 0 Å². The molecule has 0 atom stereocenters. The molecule has 1 aliphatic heterocycles. The highest BCUT2D eigenvalue weighted by Gasteiger charge is 2.27. The molecule has 1 N–H and O–H groups in total. The maximum atomic E-state index is 12.0. The molecule has 0 aromatic rings. The van der Waals surface area contributed by atoms with Crippen molar-refractivity contribution in [3.8, 4) is 0 Å². The zero-order valence-corrected chi connectivity index (χ0v) is 12.4. The van der Waals surface area contributed by atoms with Crippen LogP contribution in [0.2, 0.25) is 0 Å². The van der Waals surface area contributed by atoms with Crippen LogP contribution in [0.15, 0.2) is 0 Å². The molecule has 2 rings (SSSR count). The second-order valence-corrected chi connectivity index (χ2v) is 6.62. The highest BCUT2D eigenvalue weighted by molar-refractivity contribution is 5.76. The first-order valence-corrected chi connectivity index (χ1v) is 7.67. The average molecular weight is 268 g/mol. The number of piperazine rings is 1. The lowest BCUT2D eigenvalue weighted by Crippen LogP contribution is -2.46. The lowest BCUT2D eigenvalue weighted by atomic mass is 9.76. The van der Waals surface area contributed by atoms with Crippen LogP contribution in [-0.2, 0) is 9.53 Å². The third-order valence-electron chi connectivity index (χ3n) is 4.43. The number of hydrogen-bond donors (Lipinski definition) is 1. The smallest absolute Gasteiger partial charge is 0.224 e. The van der Waals surface area contributed by atoms with Gasteiger partial charge in [-0.05, 0) is 31.1 Å². The van der Waals surface area contributed by atoms with Crippen molar-refractivity contribution in [2.45, 2.75) is 52.1 Å². The molecule has 0 radical (unpaired) electrons. The summed E-state index contributed by atoms with van der Waals surface area (Å²) in [4.78, 5) is 13.9. The van der Waals surface area contributed by atoms with E-state index < -0.39 is 0 Å². The Morgan fingerprint density at radius 3 is 2.53 bits per heavy atom. The van der Waals surface area contributed by atoms with Crippen LogP contribution in [0.25, 0.3) is 0 Å². The van der Waals surface area contributed by atoms with Crippen molar-refractivity contribution >= 4 is 5.91 Å². The Bertz CT molecular complexity index is 289. The molecule has 0 aromatic heterocycles. The zero-order chi connectivity index (χ0) is 13.7. The topological polar surface area (TPSA) is 41.6 Å². The van der Waals surface area contributed by atoms with E-state index in [1.165, 1.54) is 12.8 Å². The van der Waals surface area contributed by atoms with Gasteiger partial charge < -0.3 is 15.0 Å². The average Bonchev–Trinajstić information content (AvgIpc) is 2.41. The van der Waals surface area contributed by atoms with E-state index >= 15 is 0 Å². The molecule has 2 fully saturated rings. The fourth-order valence-corrected chi connectivity index (χ4v) is 2.92. The zero-order valence-electron chi connectivity index (χ0n) is 12.4. The van der Waals surface area contributed by atoms with Gasteiger partial charge in [0.1, 0.15) is 0 Å². The predicted octanol–water partition coefficient (Wildman–Crippen LogP) is 1.79. The van der Waals surface area contributed by atoms with Crippen LogP contribution in [0.1, 0.15) is 46.0 Å². The summed E-state index contributed by atoms with van der Waals surface area (Å²) in [7, 11) is 0. The first-order chi connectivity index (χ1) is 9.07. The van der Waals surface area contributed by atoms with E-state index in [4.69, 9.17) is 4.74 Å². The van der Waals surface area contributed by atoms with Crippen molar-refractivity contribution in [1.82, 2.24) is 10.2 Å². The van der Waals surface area contributed by atoms with Gasteiger partial charge in [-0.3, -0.25) is 4.79 Å². The van der Waals surface area contributed by atoms with Gasteiger partial charge in [-0.15, -0.1) is 0 Å². The van der Waals surface area contributed by atoms with Gasteiger partial charge in [-0.2, -0.15) is 0 Å². The first-order valence-electron chi connectivity index (χ1n) is 7.67.